The Balaban J connectivity index is 0.00000116. The highest BCUT2D eigenvalue weighted by Crippen LogP contribution is 2.25. The number of hydrogen-bond acceptors (Lipinski definition) is 4. The lowest BCUT2D eigenvalue weighted by Crippen LogP contribution is -2.56. The molecule has 1 fully saturated rings. The van der Waals surface area contributed by atoms with Crippen molar-refractivity contribution in [1.29, 1.82) is 0 Å². The number of hydrogen-bond donors (Lipinski definition) is 1. The van der Waals surface area contributed by atoms with Crippen LogP contribution >= 0.6 is 0 Å². The molecule has 1 saturated heterocycles. The second-order valence-corrected chi connectivity index (χ2v) is 5.52. The molecule has 0 aliphatic carbocycles. The maximum Gasteiger partial charge on any atom is 0.133 e. The van der Waals surface area contributed by atoms with Gasteiger partial charge in [0.1, 0.15) is 5.82 Å². The van der Waals surface area contributed by atoms with Gasteiger partial charge in [-0.15, -0.1) is 0 Å². The lowest BCUT2D eigenvalue weighted by atomic mass is 10.1. The lowest BCUT2D eigenvalue weighted by molar-refractivity contribution is 0.140. The zero-order valence-corrected chi connectivity index (χ0v) is 15.1. The van der Waals surface area contributed by atoms with Gasteiger partial charge in [-0.1, -0.05) is 33.4 Å². The Labute approximate surface area is 136 Å². The van der Waals surface area contributed by atoms with Crippen molar-refractivity contribution in [3.63, 3.8) is 0 Å². The molecule has 22 heavy (non-hydrogen) atoms. The third-order valence-electron chi connectivity index (χ3n) is 4.19. The summed E-state index contributed by atoms with van der Waals surface area (Å²) in [7, 11) is 1.89. The summed E-state index contributed by atoms with van der Waals surface area (Å²) in [4.78, 5) is 9.48. The quantitative estimate of drug-likeness (QED) is 0.919. The van der Waals surface area contributed by atoms with Crippen molar-refractivity contribution in [2.75, 3.05) is 36.9 Å². The summed E-state index contributed by atoms with van der Waals surface area (Å²) in [5.74, 6) is 0.886. The monoisotopic (exact) mass is 304 g/mol. The van der Waals surface area contributed by atoms with Crippen LogP contribution in [-0.4, -0.2) is 48.6 Å². The van der Waals surface area contributed by atoms with E-state index < -0.39 is 0 Å². The Morgan fingerprint density at radius 2 is 1.91 bits per heavy atom. The Kier molecular flexibility index (Phi) is 7.39. The largest absolute Gasteiger partial charge is 0.373 e. The Bertz CT molecular complexity index is 460. The second-order valence-electron chi connectivity index (χ2n) is 5.52. The number of rotatable bonds is 4. The molecule has 0 bridgehead atoms. The number of anilines is 2. The van der Waals surface area contributed by atoms with E-state index in [9.17, 15) is 0 Å². The van der Waals surface area contributed by atoms with Crippen molar-refractivity contribution >= 4 is 17.6 Å². The van der Waals surface area contributed by atoms with Crippen LogP contribution in [0.3, 0.4) is 0 Å². The Morgan fingerprint density at radius 1 is 1.32 bits per heavy atom. The van der Waals surface area contributed by atoms with E-state index in [1.54, 1.807) is 0 Å². The predicted molar refractivity (Wildman–Crippen MR) is 98.7 cm³/mol. The maximum absolute atomic E-state index is 4.49. The predicted octanol–water partition coefficient (Wildman–Crippen LogP) is 3.71. The number of aromatic nitrogens is 1. The van der Waals surface area contributed by atoms with Crippen molar-refractivity contribution in [3.05, 3.63) is 24.4 Å². The van der Waals surface area contributed by atoms with Gasteiger partial charge in [-0.05, 0) is 26.5 Å². The van der Waals surface area contributed by atoms with Gasteiger partial charge in [0.15, 0.2) is 0 Å². The molecular weight excluding hydrogens is 272 g/mol. The van der Waals surface area contributed by atoms with Crippen LogP contribution in [0.4, 0.5) is 11.5 Å². The fourth-order valence-electron chi connectivity index (χ4n) is 3.20. The number of pyridine rings is 1. The molecule has 1 N–H and O–H groups in total. The number of nitrogens with zero attached hydrogens (tertiary/aromatic N) is 3. The highest BCUT2D eigenvalue weighted by atomic mass is 15.3. The highest BCUT2D eigenvalue weighted by Gasteiger charge is 2.28. The van der Waals surface area contributed by atoms with Gasteiger partial charge in [0.25, 0.3) is 0 Å². The molecule has 0 spiro atoms. The smallest absolute Gasteiger partial charge is 0.133 e. The van der Waals surface area contributed by atoms with Crippen molar-refractivity contribution in [2.45, 2.75) is 46.7 Å². The summed E-state index contributed by atoms with van der Waals surface area (Å²) in [5, 5.41) is 3.10. The van der Waals surface area contributed by atoms with Crippen LogP contribution in [0.1, 0.15) is 40.2 Å². The SMILES string of the molecule is C=Cc1cc(N2CC(C)N(CC)C(C)C2)cnc1NC.CC. The summed E-state index contributed by atoms with van der Waals surface area (Å²) in [6.45, 7) is 17.9. The van der Waals surface area contributed by atoms with Gasteiger partial charge in [0, 0.05) is 37.8 Å². The molecule has 0 amide bonds. The van der Waals surface area contributed by atoms with Crippen LogP contribution in [0.25, 0.3) is 6.08 Å². The Morgan fingerprint density at radius 3 is 2.36 bits per heavy atom. The van der Waals surface area contributed by atoms with E-state index in [0.717, 1.165) is 31.0 Å². The van der Waals surface area contributed by atoms with Gasteiger partial charge in [-0.25, -0.2) is 4.98 Å². The average molecular weight is 304 g/mol. The normalized spacial score (nSPS) is 21.8. The molecule has 0 aromatic carbocycles. The van der Waals surface area contributed by atoms with Gasteiger partial charge >= 0.3 is 0 Å². The first-order chi connectivity index (χ1) is 10.6. The number of likely N-dealkylation sites (N-methyl/N-ethyl adjacent to an activating group) is 1. The van der Waals surface area contributed by atoms with Crippen molar-refractivity contribution < 1.29 is 0 Å². The molecule has 2 heterocycles. The first-order valence-electron chi connectivity index (χ1n) is 8.41. The molecule has 1 aliphatic heterocycles. The molecule has 4 heteroatoms. The summed E-state index contributed by atoms with van der Waals surface area (Å²) < 4.78 is 0. The van der Waals surface area contributed by atoms with Crippen LogP contribution in [-0.2, 0) is 0 Å². The average Bonchev–Trinajstić information content (AvgIpc) is 2.55. The van der Waals surface area contributed by atoms with Crippen molar-refractivity contribution in [1.82, 2.24) is 9.88 Å². The van der Waals surface area contributed by atoms with Crippen LogP contribution in [0.5, 0.6) is 0 Å². The summed E-state index contributed by atoms with van der Waals surface area (Å²) in [5.41, 5.74) is 2.25. The van der Waals surface area contributed by atoms with E-state index in [1.807, 2.05) is 33.2 Å². The molecule has 1 aliphatic rings. The number of nitrogens with one attached hydrogen (secondary N) is 1. The zero-order valence-electron chi connectivity index (χ0n) is 15.1. The molecular formula is C18H32N4. The van der Waals surface area contributed by atoms with Crippen LogP contribution in [0.2, 0.25) is 0 Å². The minimum atomic E-state index is 0.569. The van der Waals surface area contributed by atoms with Crippen molar-refractivity contribution in [2.24, 2.45) is 0 Å². The Hall–Kier alpha value is -1.55. The first-order valence-corrected chi connectivity index (χ1v) is 8.41. The van der Waals surface area contributed by atoms with Gasteiger partial charge in [-0.3, -0.25) is 4.90 Å². The van der Waals surface area contributed by atoms with E-state index >= 15 is 0 Å². The maximum atomic E-state index is 4.49. The summed E-state index contributed by atoms with van der Waals surface area (Å²) in [6.07, 6.45) is 3.82. The molecule has 1 aromatic rings. The number of piperazine rings is 1. The summed E-state index contributed by atoms with van der Waals surface area (Å²) >= 11 is 0. The van der Waals surface area contributed by atoms with Crippen molar-refractivity contribution in [3.8, 4) is 0 Å². The standard InChI is InChI=1S/C16H26N4.C2H6/c1-6-14-8-15(9-18-16(14)17-5)19-10-12(3)20(7-2)13(4)11-19;1-2/h6,8-9,12-13H,1,7,10-11H2,2-5H3,(H,17,18);1-2H3. The van der Waals surface area contributed by atoms with Gasteiger partial charge in [-0.2, -0.15) is 0 Å². The molecule has 1 aromatic heterocycles. The van der Waals surface area contributed by atoms with Gasteiger partial charge in [0.05, 0.1) is 11.9 Å². The molecule has 2 unspecified atom stereocenters. The van der Waals surface area contributed by atoms with E-state index in [-0.39, 0.29) is 0 Å². The highest BCUT2D eigenvalue weighted by molar-refractivity contribution is 5.66. The van der Waals surface area contributed by atoms with E-state index in [4.69, 9.17) is 0 Å². The molecule has 0 radical (unpaired) electrons. The van der Waals surface area contributed by atoms with Crippen LogP contribution in [0.15, 0.2) is 18.8 Å². The van der Waals surface area contributed by atoms with Crippen LogP contribution < -0.4 is 10.2 Å². The topological polar surface area (TPSA) is 31.4 Å². The minimum absolute atomic E-state index is 0.569. The molecule has 0 saturated carbocycles. The minimum Gasteiger partial charge on any atom is -0.373 e. The van der Waals surface area contributed by atoms with E-state index in [0.29, 0.717) is 12.1 Å². The fourth-order valence-corrected chi connectivity index (χ4v) is 3.20. The van der Waals surface area contributed by atoms with E-state index in [1.165, 1.54) is 5.69 Å². The first kappa shape index (κ1) is 18.5. The fraction of sp³-hybridized carbons (Fsp3) is 0.611. The van der Waals surface area contributed by atoms with Crippen LogP contribution in [0, 0.1) is 0 Å². The zero-order chi connectivity index (χ0) is 16.7. The molecule has 2 atom stereocenters. The molecule has 124 valence electrons. The molecule has 2 rings (SSSR count). The third kappa shape index (κ3) is 4.01. The lowest BCUT2D eigenvalue weighted by Gasteiger charge is -2.45. The van der Waals surface area contributed by atoms with E-state index in [2.05, 4.69) is 53.5 Å². The summed E-state index contributed by atoms with van der Waals surface area (Å²) in [6, 6.07) is 3.31. The third-order valence-corrected chi connectivity index (χ3v) is 4.19. The second kappa shape index (κ2) is 8.79. The molecule has 4 nitrogen and oxygen atoms in total. The van der Waals surface area contributed by atoms with Gasteiger partial charge < -0.3 is 10.2 Å². The van der Waals surface area contributed by atoms with Gasteiger partial charge in [0.2, 0.25) is 0 Å².